The normalized spacial score (nSPS) is 19.7. The molecular weight excluding hydrogens is 274 g/mol. The van der Waals surface area contributed by atoms with E-state index in [4.69, 9.17) is 9.73 Å². The fourth-order valence-corrected chi connectivity index (χ4v) is 2.87. The lowest BCUT2D eigenvalue weighted by Gasteiger charge is -2.30. The zero-order valence-electron chi connectivity index (χ0n) is 13.1. The van der Waals surface area contributed by atoms with E-state index in [1.165, 1.54) is 24.8 Å². The molecule has 1 fully saturated rings. The van der Waals surface area contributed by atoms with Crippen molar-refractivity contribution in [3.05, 3.63) is 42.0 Å². The van der Waals surface area contributed by atoms with Gasteiger partial charge < -0.3 is 15.0 Å². The molecule has 1 saturated heterocycles. The number of guanidine groups is 1. The third kappa shape index (κ3) is 4.34. The summed E-state index contributed by atoms with van der Waals surface area (Å²) in [6.07, 6.45) is 7.11. The Balaban J connectivity index is 1.71. The van der Waals surface area contributed by atoms with E-state index < -0.39 is 0 Å². The van der Waals surface area contributed by atoms with E-state index in [0.717, 1.165) is 50.9 Å². The standard InChI is InChI=1S/C18H25N3O/c1-3-9-17(10-4-1)20-18(21-11-5-2-6-12-21)19-14-16-8-7-13-22-15-16/h1,3-4,8-10H,2,5-7,11-15H2,(H,19,20). The van der Waals surface area contributed by atoms with Crippen LogP contribution in [0.5, 0.6) is 0 Å². The Hall–Kier alpha value is -1.81. The van der Waals surface area contributed by atoms with Crippen molar-refractivity contribution in [2.24, 2.45) is 4.99 Å². The number of piperidine rings is 1. The van der Waals surface area contributed by atoms with Crippen LogP contribution in [-0.2, 0) is 4.74 Å². The third-order valence-electron chi connectivity index (χ3n) is 4.10. The van der Waals surface area contributed by atoms with Crippen LogP contribution in [0.15, 0.2) is 47.0 Å². The van der Waals surface area contributed by atoms with Gasteiger partial charge >= 0.3 is 0 Å². The summed E-state index contributed by atoms with van der Waals surface area (Å²) in [6.45, 7) is 4.48. The molecule has 22 heavy (non-hydrogen) atoms. The van der Waals surface area contributed by atoms with Gasteiger partial charge in [-0.05, 0) is 43.4 Å². The lowest BCUT2D eigenvalue weighted by Crippen LogP contribution is -2.40. The summed E-state index contributed by atoms with van der Waals surface area (Å²) >= 11 is 0. The van der Waals surface area contributed by atoms with Crippen LogP contribution < -0.4 is 5.32 Å². The second kappa shape index (κ2) is 7.99. The monoisotopic (exact) mass is 299 g/mol. The van der Waals surface area contributed by atoms with Gasteiger partial charge in [-0.1, -0.05) is 24.3 Å². The van der Waals surface area contributed by atoms with Gasteiger partial charge in [0.2, 0.25) is 0 Å². The van der Waals surface area contributed by atoms with Crippen molar-refractivity contribution < 1.29 is 4.74 Å². The van der Waals surface area contributed by atoms with Gasteiger partial charge in [0.25, 0.3) is 0 Å². The second-order valence-electron chi connectivity index (χ2n) is 5.88. The molecule has 0 spiro atoms. The molecule has 0 aliphatic carbocycles. The number of anilines is 1. The number of ether oxygens (including phenoxy) is 1. The summed E-state index contributed by atoms with van der Waals surface area (Å²) in [7, 11) is 0. The van der Waals surface area contributed by atoms with Gasteiger partial charge in [0.05, 0.1) is 19.8 Å². The maximum atomic E-state index is 5.51. The quantitative estimate of drug-likeness (QED) is 0.528. The second-order valence-corrected chi connectivity index (χ2v) is 5.88. The van der Waals surface area contributed by atoms with Gasteiger partial charge in [-0.15, -0.1) is 0 Å². The van der Waals surface area contributed by atoms with Gasteiger partial charge in [-0.25, -0.2) is 4.99 Å². The van der Waals surface area contributed by atoms with Gasteiger partial charge in [0.1, 0.15) is 0 Å². The zero-order valence-corrected chi connectivity index (χ0v) is 13.1. The average molecular weight is 299 g/mol. The topological polar surface area (TPSA) is 36.9 Å². The molecule has 0 aromatic heterocycles. The molecule has 0 radical (unpaired) electrons. The Morgan fingerprint density at radius 1 is 1.14 bits per heavy atom. The third-order valence-corrected chi connectivity index (χ3v) is 4.10. The first-order valence-electron chi connectivity index (χ1n) is 8.29. The predicted molar refractivity (Wildman–Crippen MR) is 91.3 cm³/mol. The number of rotatable bonds is 3. The summed E-state index contributed by atoms with van der Waals surface area (Å²) in [5, 5.41) is 3.50. The van der Waals surface area contributed by atoms with Crippen molar-refractivity contribution in [2.75, 3.05) is 38.2 Å². The lowest BCUT2D eigenvalue weighted by atomic mass is 10.1. The Kier molecular flexibility index (Phi) is 5.48. The minimum absolute atomic E-state index is 0.724. The van der Waals surface area contributed by atoms with Gasteiger partial charge in [0, 0.05) is 18.8 Å². The van der Waals surface area contributed by atoms with Crippen LogP contribution in [0, 0.1) is 0 Å². The Morgan fingerprint density at radius 2 is 1.95 bits per heavy atom. The molecule has 2 aliphatic heterocycles. The van der Waals surface area contributed by atoms with E-state index in [1.54, 1.807) is 0 Å². The summed E-state index contributed by atoms with van der Waals surface area (Å²) in [5.41, 5.74) is 2.39. The van der Waals surface area contributed by atoms with E-state index in [2.05, 4.69) is 28.4 Å². The zero-order chi connectivity index (χ0) is 15.0. The highest BCUT2D eigenvalue weighted by atomic mass is 16.5. The van der Waals surface area contributed by atoms with Crippen molar-refractivity contribution in [3.63, 3.8) is 0 Å². The molecule has 1 aromatic carbocycles. The maximum Gasteiger partial charge on any atom is 0.198 e. The summed E-state index contributed by atoms with van der Waals surface area (Å²) in [6, 6.07) is 10.3. The van der Waals surface area contributed by atoms with Crippen molar-refractivity contribution in [3.8, 4) is 0 Å². The van der Waals surface area contributed by atoms with E-state index in [-0.39, 0.29) is 0 Å². The first-order chi connectivity index (χ1) is 10.9. The molecule has 4 nitrogen and oxygen atoms in total. The summed E-state index contributed by atoms with van der Waals surface area (Å²) in [4.78, 5) is 7.23. The molecule has 2 aliphatic rings. The largest absolute Gasteiger partial charge is 0.377 e. The molecule has 0 bridgehead atoms. The van der Waals surface area contributed by atoms with Crippen molar-refractivity contribution >= 4 is 11.6 Å². The first-order valence-corrected chi connectivity index (χ1v) is 8.29. The van der Waals surface area contributed by atoms with Crippen LogP contribution in [0.25, 0.3) is 0 Å². The number of hydrogen-bond donors (Lipinski definition) is 1. The van der Waals surface area contributed by atoms with E-state index in [1.807, 2.05) is 18.2 Å². The van der Waals surface area contributed by atoms with Crippen LogP contribution >= 0.6 is 0 Å². The molecule has 0 atom stereocenters. The van der Waals surface area contributed by atoms with E-state index in [9.17, 15) is 0 Å². The van der Waals surface area contributed by atoms with Crippen LogP contribution in [0.3, 0.4) is 0 Å². The van der Waals surface area contributed by atoms with Crippen LogP contribution in [0.4, 0.5) is 5.69 Å². The Bertz CT molecular complexity index is 518. The molecule has 0 amide bonds. The summed E-state index contributed by atoms with van der Waals surface area (Å²) in [5.74, 6) is 0.998. The lowest BCUT2D eigenvalue weighted by molar-refractivity contribution is 0.149. The Labute approximate surface area is 132 Å². The fraction of sp³-hybridized carbons (Fsp3) is 0.500. The van der Waals surface area contributed by atoms with Crippen LogP contribution in [-0.4, -0.2) is 43.7 Å². The molecular formula is C18H25N3O. The Morgan fingerprint density at radius 3 is 2.68 bits per heavy atom. The molecule has 0 saturated carbocycles. The number of likely N-dealkylation sites (tertiary alicyclic amines) is 1. The average Bonchev–Trinajstić information content (AvgIpc) is 2.61. The minimum Gasteiger partial charge on any atom is -0.377 e. The molecule has 118 valence electrons. The SMILES string of the molecule is C1=C(CN=C(Nc2ccccc2)N2CCCCC2)COCC1. The molecule has 4 heteroatoms. The first kappa shape index (κ1) is 15.1. The van der Waals surface area contributed by atoms with E-state index >= 15 is 0 Å². The molecule has 2 heterocycles. The van der Waals surface area contributed by atoms with Gasteiger partial charge in [-0.2, -0.15) is 0 Å². The van der Waals surface area contributed by atoms with Gasteiger partial charge in [-0.3, -0.25) is 0 Å². The predicted octanol–water partition coefficient (Wildman–Crippen LogP) is 3.29. The van der Waals surface area contributed by atoms with E-state index in [0.29, 0.717) is 0 Å². The highest BCUT2D eigenvalue weighted by Gasteiger charge is 2.15. The molecule has 3 rings (SSSR count). The highest BCUT2D eigenvalue weighted by molar-refractivity contribution is 5.93. The van der Waals surface area contributed by atoms with Crippen molar-refractivity contribution in [1.82, 2.24) is 4.90 Å². The van der Waals surface area contributed by atoms with Crippen molar-refractivity contribution in [1.29, 1.82) is 0 Å². The molecule has 1 N–H and O–H groups in total. The number of para-hydroxylation sites is 1. The number of benzene rings is 1. The number of nitrogens with one attached hydrogen (secondary N) is 1. The number of hydrogen-bond acceptors (Lipinski definition) is 2. The van der Waals surface area contributed by atoms with Crippen LogP contribution in [0.1, 0.15) is 25.7 Å². The fourth-order valence-electron chi connectivity index (χ4n) is 2.87. The number of nitrogens with zero attached hydrogens (tertiary/aromatic N) is 2. The van der Waals surface area contributed by atoms with Crippen LogP contribution in [0.2, 0.25) is 0 Å². The van der Waals surface area contributed by atoms with Crippen molar-refractivity contribution in [2.45, 2.75) is 25.7 Å². The minimum atomic E-state index is 0.724. The highest BCUT2D eigenvalue weighted by Crippen LogP contribution is 2.13. The number of aliphatic imine (C=N–C) groups is 1. The maximum absolute atomic E-state index is 5.51. The van der Waals surface area contributed by atoms with Gasteiger partial charge in [0.15, 0.2) is 5.96 Å². The smallest absolute Gasteiger partial charge is 0.198 e. The summed E-state index contributed by atoms with van der Waals surface area (Å²) < 4.78 is 5.51. The molecule has 0 unspecified atom stereocenters. The molecule has 1 aromatic rings.